The van der Waals surface area contributed by atoms with Crippen LogP contribution in [0.15, 0.2) is 12.1 Å². The van der Waals surface area contributed by atoms with Crippen molar-refractivity contribution in [2.75, 3.05) is 11.9 Å². The van der Waals surface area contributed by atoms with Crippen molar-refractivity contribution in [1.82, 2.24) is 0 Å². The van der Waals surface area contributed by atoms with Gasteiger partial charge < -0.3 is 11.1 Å². The van der Waals surface area contributed by atoms with Crippen LogP contribution in [0, 0.1) is 28.9 Å². The molecule has 116 valence electrons. The second-order valence-electron chi connectivity index (χ2n) is 5.43. The normalized spacial score (nSPS) is 12.3. The summed E-state index contributed by atoms with van der Waals surface area (Å²) < 4.78 is 0. The number of benzene rings is 1. The van der Waals surface area contributed by atoms with E-state index in [1.807, 2.05) is 13.8 Å². The molecule has 0 fully saturated rings. The Kier molecular flexibility index (Phi) is 6.11. The monoisotopic (exact) mass is 313 g/mol. The van der Waals surface area contributed by atoms with E-state index in [-0.39, 0.29) is 29.1 Å². The van der Waals surface area contributed by atoms with Gasteiger partial charge in [-0.25, -0.2) is 0 Å². The Morgan fingerprint density at radius 3 is 2.57 bits per heavy atom. The van der Waals surface area contributed by atoms with Gasteiger partial charge in [0.1, 0.15) is 5.02 Å². The molecular formula is C14H20ClN3O3. The summed E-state index contributed by atoms with van der Waals surface area (Å²) in [6.07, 6.45) is 0.683. The fourth-order valence-electron chi connectivity index (χ4n) is 2.05. The summed E-state index contributed by atoms with van der Waals surface area (Å²) in [5.74, 6) is -0.136. The molecule has 6 nitrogen and oxygen atoms in total. The molecule has 1 unspecified atom stereocenters. The number of hydrogen-bond acceptors (Lipinski definition) is 4. The van der Waals surface area contributed by atoms with Gasteiger partial charge in [-0.15, -0.1) is 0 Å². The number of hydrogen-bond donors (Lipinski definition) is 2. The van der Waals surface area contributed by atoms with Gasteiger partial charge in [0, 0.05) is 18.3 Å². The number of amides is 1. The lowest BCUT2D eigenvalue weighted by Gasteiger charge is -2.17. The SMILES string of the molecule is Cc1cc([N+](=O)[O-])c(Cl)cc1NC(=O)C(CN)CC(C)C. The highest BCUT2D eigenvalue weighted by Gasteiger charge is 2.21. The average Bonchev–Trinajstić information content (AvgIpc) is 2.38. The topological polar surface area (TPSA) is 98.3 Å². The Labute approximate surface area is 128 Å². The van der Waals surface area contributed by atoms with Gasteiger partial charge in [-0.2, -0.15) is 0 Å². The maximum Gasteiger partial charge on any atom is 0.288 e. The standard InChI is InChI=1S/C14H20ClN3O3/c1-8(2)4-10(7-16)14(19)17-12-6-11(15)13(18(20)21)5-9(12)3/h5-6,8,10H,4,7,16H2,1-3H3,(H,17,19). The van der Waals surface area contributed by atoms with Crippen molar-refractivity contribution in [3.05, 3.63) is 32.8 Å². The van der Waals surface area contributed by atoms with Crippen LogP contribution in [-0.4, -0.2) is 17.4 Å². The van der Waals surface area contributed by atoms with Gasteiger partial charge in [0.2, 0.25) is 5.91 Å². The van der Waals surface area contributed by atoms with Crippen molar-refractivity contribution in [2.45, 2.75) is 27.2 Å². The number of nitrogens with two attached hydrogens (primary N) is 1. The summed E-state index contributed by atoms with van der Waals surface area (Å²) >= 11 is 5.86. The number of aryl methyl sites for hydroxylation is 1. The predicted octanol–water partition coefficient (Wildman–Crippen LogP) is 3.12. The summed E-state index contributed by atoms with van der Waals surface area (Å²) in [6.45, 7) is 5.97. The third kappa shape index (κ3) is 4.68. The number of carbonyl (C=O) groups excluding carboxylic acids is 1. The lowest BCUT2D eigenvalue weighted by molar-refractivity contribution is -0.384. The van der Waals surface area contributed by atoms with Gasteiger partial charge in [-0.3, -0.25) is 14.9 Å². The molecule has 0 aliphatic rings. The van der Waals surface area contributed by atoms with Crippen LogP contribution in [0.2, 0.25) is 5.02 Å². The van der Waals surface area contributed by atoms with Crippen molar-refractivity contribution in [3.63, 3.8) is 0 Å². The smallest absolute Gasteiger partial charge is 0.288 e. The number of halogens is 1. The van der Waals surface area contributed by atoms with Gasteiger partial charge in [0.15, 0.2) is 0 Å². The van der Waals surface area contributed by atoms with E-state index in [0.29, 0.717) is 23.6 Å². The molecule has 1 aromatic rings. The van der Waals surface area contributed by atoms with E-state index in [1.54, 1.807) is 6.92 Å². The first-order chi connectivity index (χ1) is 9.76. The lowest BCUT2D eigenvalue weighted by atomic mass is 9.96. The van der Waals surface area contributed by atoms with Crippen molar-refractivity contribution in [2.24, 2.45) is 17.6 Å². The van der Waals surface area contributed by atoms with Crippen LogP contribution in [-0.2, 0) is 4.79 Å². The molecule has 0 aliphatic carbocycles. The van der Waals surface area contributed by atoms with Crippen molar-refractivity contribution in [3.8, 4) is 0 Å². The summed E-state index contributed by atoms with van der Waals surface area (Å²) in [5.41, 5.74) is 6.51. The Balaban J connectivity index is 2.95. The number of nitro groups is 1. The minimum Gasteiger partial charge on any atom is -0.330 e. The highest BCUT2D eigenvalue weighted by molar-refractivity contribution is 6.33. The van der Waals surface area contributed by atoms with Crippen LogP contribution in [0.3, 0.4) is 0 Å². The first-order valence-corrected chi connectivity index (χ1v) is 7.09. The highest BCUT2D eigenvalue weighted by atomic mass is 35.5. The van der Waals surface area contributed by atoms with Crippen LogP contribution < -0.4 is 11.1 Å². The number of nitro benzene ring substituents is 1. The minimum absolute atomic E-state index is 0.00550. The molecule has 3 N–H and O–H groups in total. The van der Waals surface area contributed by atoms with Crippen LogP contribution in [0.4, 0.5) is 11.4 Å². The molecule has 0 spiro atoms. The fourth-order valence-corrected chi connectivity index (χ4v) is 2.29. The molecule has 1 rings (SSSR count). The molecule has 0 heterocycles. The van der Waals surface area contributed by atoms with Gasteiger partial charge in [0.25, 0.3) is 5.69 Å². The fraction of sp³-hybridized carbons (Fsp3) is 0.500. The number of rotatable bonds is 6. The van der Waals surface area contributed by atoms with Gasteiger partial charge in [0.05, 0.1) is 10.8 Å². The van der Waals surface area contributed by atoms with Crippen LogP contribution in [0.25, 0.3) is 0 Å². The van der Waals surface area contributed by atoms with Crippen LogP contribution in [0.1, 0.15) is 25.8 Å². The first kappa shape index (κ1) is 17.4. The van der Waals surface area contributed by atoms with Crippen molar-refractivity contribution >= 4 is 28.9 Å². The number of nitrogens with zero attached hydrogens (tertiary/aromatic N) is 1. The van der Waals surface area contributed by atoms with Gasteiger partial charge in [-0.05, 0) is 30.9 Å². The zero-order chi connectivity index (χ0) is 16.2. The van der Waals surface area contributed by atoms with Gasteiger partial charge >= 0.3 is 0 Å². The third-order valence-corrected chi connectivity index (χ3v) is 3.46. The molecule has 0 saturated carbocycles. The van der Waals surface area contributed by atoms with E-state index in [2.05, 4.69) is 5.32 Å². The third-order valence-electron chi connectivity index (χ3n) is 3.16. The molecule has 21 heavy (non-hydrogen) atoms. The maximum atomic E-state index is 12.2. The zero-order valence-electron chi connectivity index (χ0n) is 12.4. The average molecular weight is 314 g/mol. The molecular weight excluding hydrogens is 294 g/mol. The molecule has 0 saturated heterocycles. The van der Waals surface area contributed by atoms with E-state index >= 15 is 0 Å². The summed E-state index contributed by atoms with van der Waals surface area (Å²) in [6, 6.07) is 2.74. The van der Waals surface area contributed by atoms with E-state index in [0.717, 1.165) is 0 Å². The molecule has 1 aromatic carbocycles. The Hall–Kier alpha value is -1.66. The Morgan fingerprint density at radius 2 is 2.10 bits per heavy atom. The highest BCUT2D eigenvalue weighted by Crippen LogP contribution is 2.30. The first-order valence-electron chi connectivity index (χ1n) is 6.71. The van der Waals surface area contributed by atoms with Crippen molar-refractivity contribution in [1.29, 1.82) is 0 Å². The second kappa shape index (κ2) is 7.38. The summed E-state index contributed by atoms with van der Waals surface area (Å²) in [4.78, 5) is 22.4. The molecule has 0 radical (unpaired) electrons. The Bertz CT molecular complexity index is 547. The van der Waals surface area contributed by atoms with E-state index in [9.17, 15) is 14.9 Å². The predicted molar refractivity (Wildman–Crippen MR) is 83.5 cm³/mol. The van der Waals surface area contributed by atoms with E-state index in [4.69, 9.17) is 17.3 Å². The van der Waals surface area contributed by atoms with Crippen LogP contribution in [0.5, 0.6) is 0 Å². The molecule has 1 amide bonds. The number of nitrogens with one attached hydrogen (secondary N) is 1. The molecule has 7 heteroatoms. The molecule has 1 atom stereocenters. The van der Waals surface area contributed by atoms with E-state index in [1.165, 1.54) is 12.1 Å². The molecule has 0 aliphatic heterocycles. The van der Waals surface area contributed by atoms with Crippen LogP contribution >= 0.6 is 11.6 Å². The lowest BCUT2D eigenvalue weighted by Crippen LogP contribution is -2.30. The minimum atomic E-state index is -0.553. The Morgan fingerprint density at radius 1 is 1.48 bits per heavy atom. The quantitative estimate of drug-likeness (QED) is 0.622. The largest absolute Gasteiger partial charge is 0.330 e. The summed E-state index contributed by atoms with van der Waals surface area (Å²) in [5, 5.41) is 13.5. The number of anilines is 1. The zero-order valence-corrected chi connectivity index (χ0v) is 13.1. The van der Waals surface area contributed by atoms with Gasteiger partial charge in [-0.1, -0.05) is 25.4 Å². The van der Waals surface area contributed by atoms with E-state index < -0.39 is 4.92 Å². The molecule has 0 aromatic heterocycles. The second-order valence-corrected chi connectivity index (χ2v) is 5.83. The maximum absolute atomic E-state index is 12.2. The molecule has 0 bridgehead atoms. The summed E-state index contributed by atoms with van der Waals surface area (Å²) in [7, 11) is 0. The number of carbonyl (C=O) groups is 1. The van der Waals surface area contributed by atoms with Crippen molar-refractivity contribution < 1.29 is 9.72 Å².